The van der Waals surface area contributed by atoms with E-state index in [1.165, 1.54) is 18.3 Å². The second-order valence-electron chi connectivity index (χ2n) is 3.44. The molecular weight excluding hydrogens is 224 g/mol. The summed E-state index contributed by atoms with van der Waals surface area (Å²) >= 11 is 1.46. The summed E-state index contributed by atoms with van der Waals surface area (Å²) in [6.45, 7) is 1.82. The maximum Gasteiger partial charge on any atom is 0.302 e. The molecule has 1 heterocycles. The molecule has 84 valence electrons. The van der Waals surface area contributed by atoms with E-state index >= 15 is 0 Å². The van der Waals surface area contributed by atoms with Crippen molar-refractivity contribution in [3.05, 3.63) is 23.8 Å². The van der Waals surface area contributed by atoms with Crippen molar-refractivity contribution in [2.45, 2.75) is 13.3 Å². The van der Waals surface area contributed by atoms with Crippen LogP contribution >= 0.6 is 11.3 Å². The molecule has 2 N–H and O–H groups in total. The maximum atomic E-state index is 10.6. The van der Waals surface area contributed by atoms with Gasteiger partial charge in [0.25, 0.3) is 0 Å². The number of carbonyl (C=O) groups is 1. The van der Waals surface area contributed by atoms with E-state index in [1.807, 2.05) is 18.2 Å². The van der Waals surface area contributed by atoms with Crippen LogP contribution < -0.4 is 5.73 Å². The first-order valence-electron chi connectivity index (χ1n) is 4.93. The highest BCUT2D eigenvalue weighted by molar-refractivity contribution is 7.22. The largest absolute Gasteiger partial charge is 0.466 e. The quantitative estimate of drug-likeness (QED) is 0.828. The highest BCUT2D eigenvalue weighted by Crippen LogP contribution is 2.24. The zero-order chi connectivity index (χ0) is 11.5. The third-order valence-corrected chi connectivity index (χ3v) is 3.01. The molecule has 1 aromatic carbocycles. The minimum atomic E-state index is -0.247. The van der Waals surface area contributed by atoms with E-state index < -0.39 is 0 Å². The van der Waals surface area contributed by atoms with E-state index in [9.17, 15) is 4.79 Å². The van der Waals surface area contributed by atoms with E-state index in [-0.39, 0.29) is 5.97 Å². The van der Waals surface area contributed by atoms with Gasteiger partial charge in [-0.2, -0.15) is 0 Å². The zero-order valence-electron chi connectivity index (χ0n) is 8.90. The van der Waals surface area contributed by atoms with Crippen LogP contribution in [0, 0.1) is 0 Å². The summed E-state index contributed by atoms with van der Waals surface area (Å²) in [5.41, 5.74) is 7.66. The summed E-state index contributed by atoms with van der Waals surface area (Å²) in [7, 11) is 0. The van der Waals surface area contributed by atoms with Gasteiger partial charge in [0.2, 0.25) is 0 Å². The number of fused-ring (bicyclic) bond motifs is 1. The van der Waals surface area contributed by atoms with Crippen molar-refractivity contribution in [1.29, 1.82) is 0 Å². The predicted molar refractivity (Wildman–Crippen MR) is 64.4 cm³/mol. The normalized spacial score (nSPS) is 10.6. The number of nitrogen functional groups attached to an aromatic ring is 1. The third-order valence-electron chi connectivity index (χ3n) is 2.17. The number of nitrogens with zero attached hydrogens (tertiary/aromatic N) is 1. The Hall–Kier alpha value is -1.62. The number of nitrogens with two attached hydrogens (primary N) is 1. The Morgan fingerprint density at radius 1 is 1.56 bits per heavy atom. The number of carbonyl (C=O) groups excluding carboxylic acids is 1. The standard InChI is InChI=1S/C11H12N2O2S/c1-7(14)15-5-4-8-2-3-9-10(6-8)16-11(12)13-9/h2-3,6H,4-5H2,1H3,(H2,12,13). The van der Waals surface area contributed by atoms with Crippen molar-refractivity contribution < 1.29 is 9.53 Å². The van der Waals surface area contributed by atoms with Crippen LogP contribution in [0.1, 0.15) is 12.5 Å². The van der Waals surface area contributed by atoms with Crippen LogP contribution in [0.3, 0.4) is 0 Å². The van der Waals surface area contributed by atoms with Gasteiger partial charge in [0.15, 0.2) is 5.13 Å². The average Bonchev–Trinajstić information content (AvgIpc) is 2.56. The van der Waals surface area contributed by atoms with E-state index in [2.05, 4.69) is 4.98 Å². The number of ether oxygens (including phenoxy) is 1. The Labute approximate surface area is 97.0 Å². The summed E-state index contributed by atoms with van der Waals surface area (Å²) < 4.78 is 5.95. The van der Waals surface area contributed by atoms with Gasteiger partial charge in [-0.1, -0.05) is 17.4 Å². The molecule has 4 nitrogen and oxygen atoms in total. The molecule has 16 heavy (non-hydrogen) atoms. The van der Waals surface area contributed by atoms with Gasteiger partial charge in [-0.25, -0.2) is 4.98 Å². The lowest BCUT2D eigenvalue weighted by Crippen LogP contribution is -2.02. The highest BCUT2D eigenvalue weighted by Gasteiger charge is 2.02. The molecule has 0 unspecified atom stereocenters. The molecule has 0 fully saturated rings. The number of hydrogen-bond donors (Lipinski definition) is 1. The Bertz CT molecular complexity index is 522. The zero-order valence-corrected chi connectivity index (χ0v) is 9.71. The summed E-state index contributed by atoms with van der Waals surface area (Å²) in [6.07, 6.45) is 0.716. The van der Waals surface area contributed by atoms with Gasteiger partial charge in [-0.05, 0) is 17.7 Å². The Morgan fingerprint density at radius 2 is 2.38 bits per heavy atom. The Balaban J connectivity index is 2.10. The molecule has 0 amide bonds. The molecule has 2 aromatic rings. The molecule has 0 radical (unpaired) electrons. The van der Waals surface area contributed by atoms with Crippen molar-refractivity contribution in [3.8, 4) is 0 Å². The summed E-state index contributed by atoms with van der Waals surface area (Å²) in [6, 6.07) is 5.95. The lowest BCUT2D eigenvalue weighted by Gasteiger charge is -2.01. The first-order chi connectivity index (χ1) is 7.65. The van der Waals surface area contributed by atoms with E-state index in [1.54, 1.807) is 0 Å². The molecule has 0 aliphatic rings. The first-order valence-corrected chi connectivity index (χ1v) is 5.75. The smallest absolute Gasteiger partial charge is 0.302 e. The highest BCUT2D eigenvalue weighted by atomic mass is 32.1. The predicted octanol–water partition coefficient (Wildman–Crippen LogP) is 1.98. The number of rotatable bonds is 3. The van der Waals surface area contributed by atoms with Gasteiger partial charge in [-0.15, -0.1) is 0 Å². The third kappa shape index (κ3) is 2.49. The number of aromatic nitrogens is 1. The van der Waals surface area contributed by atoms with Crippen LogP contribution in [0.15, 0.2) is 18.2 Å². The molecule has 0 atom stereocenters. The molecule has 2 rings (SSSR count). The lowest BCUT2D eigenvalue weighted by molar-refractivity contribution is -0.140. The Morgan fingerprint density at radius 3 is 3.12 bits per heavy atom. The molecule has 5 heteroatoms. The van der Waals surface area contributed by atoms with Crippen molar-refractivity contribution >= 4 is 32.7 Å². The Kier molecular flexibility index (Phi) is 3.05. The van der Waals surface area contributed by atoms with Crippen LogP contribution in [-0.2, 0) is 16.0 Å². The second kappa shape index (κ2) is 4.49. The molecule has 0 saturated carbocycles. The van der Waals surface area contributed by atoms with Crippen molar-refractivity contribution in [2.24, 2.45) is 0 Å². The molecule has 0 saturated heterocycles. The van der Waals surface area contributed by atoms with Crippen LogP contribution in [0.5, 0.6) is 0 Å². The summed E-state index contributed by atoms with van der Waals surface area (Å²) in [4.78, 5) is 14.8. The molecule has 0 aliphatic carbocycles. The molecular formula is C11H12N2O2S. The van der Waals surface area contributed by atoms with Gasteiger partial charge in [0.1, 0.15) is 0 Å². The van der Waals surface area contributed by atoms with Gasteiger partial charge in [0.05, 0.1) is 16.8 Å². The number of hydrogen-bond acceptors (Lipinski definition) is 5. The number of thiazole rings is 1. The van der Waals surface area contributed by atoms with Crippen molar-refractivity contribution in [2.75, 3.05) is 12.3 Å². The fraction of sp³-hybridized carbons (Fsp3) is 0.273. The monoisotopic (exact) mass is 236 g/mol. The average molecular weight is 236 g/mol. The maximum absolute atomic E-state index is 10.6. The topological polar surface area (TPSA) is 65.2 Å². The fourth-order valence-corrected chi connectivity index (χ4v) is 2.25. The minimum Gasteiger partial charge on any atom is -0.466 e. The van der Waals surface area contributed by atoms with Crippen molar-refractivity contribution in [3.63, 3.8) is 0 Å². The first kappa shape index (κ1) is 10.9. The number of benzene rings is 1. The summed E-state index contributed by atoms with van der Waals surface area (Å²) in [5.74, 6) is -0.247. The van der Waals surface area contributed by atoms with Crippen molar-refractivity contribution in [1.82, 2.24) is 4.98 Å². The SMILES string of the molecule is CC(=O)OCCc1ccc2nc(N)sc2c1. The lowest BCUT2D eigenvalue weighted by atomic mass is 10.1. The van der Waals surface area contributed by atoms with Gasteiger partial charge >= 0.3 is 5.97 Å². The van der Waals surface area contributed by atoms with Crippen LogP contribution in [0.4, 0.5) is 5.13 Å². The van der Waals surface area contributed by atoms with Crippen LogP contribution in [0.25, 0.3) is 10.2 Å². The molecule has 0 aliphatic heterocycles. The van der Waals surface area contributed by atoms with E-state index in [0.29, 0.717) is 18.2 Å². The van der Waals surface area contributed by atoms with E-state index in [0.717, 1.165) is 15.8 Å². The fourth-order valence-electron chi connectivity index (χ4n) is 1.45. The number of esters is 1. The second-order valence-corrected chi connectivity index (χ2v) is 4.51. The van der Waals surface area contributed by atoms with Crippen LogP contribution in [-0.4, -0.2) is 17.6 Å². The summed E-state index contributed by atoms with van der Waals surface area (Å²) in [5, 5.41) is 0.576. The van der Waals surface area contributed by atoms with Gasteiger partial charge < -0.3 is 10.5 Å². The number of anilines is 1. The van der Waals surface area contributed by atoms with Gasteiger partial charge in [-0.3, -0.25) is 4.79 Å². The minimum absolute atomic E-state index is 0.247. The van der Waals surface area contributed by atoms with Crippen LogP contribution in [0.2, 0.25) is 0 Å². The molecule has 0 spiro atoms. The van der Waals surface area contributed by atoms with Gasteiger partial charge in [0, 0.05) is 13.3 Å². The molecule has 1 aromatic heterocycles. The van der Waals surface area contributed by atoms with E-state index in [4.69, 9.17) is 10.5 Å². The molecule has 0 bridgehead atoms.